The molecule has 2 bridgehead atoms. The number of piperazine rings is 1. The van der Waals surface area contributed by atoms with Crippen LogP contribution >= 0.6 is 0 Å². The van der Waals surface area contributed by atoms with Crippen LogP contribution in [0.25, 0.3) is 0 Å². The topological polar surface area (TPSA) is 19.4 Å². The predicted molar refractivity (Wildman–Crippen MR) is 81.8 cm³/mol. The summed E-state index contributed by atoms with van der Waals surface area (Å²) in [5, 5.41) is 0. The number of hydrogen-bond donors (Lipinski definition) is 0. The second-order valence-electron chi connectivity index (χ2n) is 6.93. The molecule has 3 atom stereocenters. The molecule has 3 heteroatoms. The van der Waals surface area contributed by atoms with Crippen molar-refractivity contribution in [2.45, 2.75) is 25.7 Å². The number of pyridine rings is 1. The Morgan fingerprint density at radius 1 is 1.00 bits per heavy atom. The first-order valence-corrected chi connectivity index (χ1v) is 8.26. The Morgan fingerprint density at radius 2 is 1.80 bits per heavy atom. The van der Waals surface area contributed by atoms with Gasteiger partial charge in [-0.15, -0.1) is 0 Å². The van der Waals surface area contributed by atoms with E-state index in [1.165, 1.54) is 57.7 Å². The Balaban J connectivity index is 1.29. The fourth-order valence-corrected chi connectivity index (χ4v) is 4.68. The molecule has 3 nitrogen and oxygen atoms in total. The van der Waals surface area contributed by atoms with E-state index < -0.39 is 0 Å². The van der Waals surface area contributed by atoms with Crippen molar-refractivity contribution in [2.24, 2.45) is 17.8 Å². The molecule has 108 valence electrons. The van der Waals surface area contributed by atoms with Crippen LogP contribution in [-0.2, 0) is 0 Å². The smallest absolute Gasteiger partial charge is 0.0397 e. The molecular formula is C17H25N3. The van der Waals surface area contributed by atoms with Crippen LogP contribution in [0.1, 0.15) is 25.7 Å². The Morgan fingerprint density at radius 3 is 2.45 bits per heavy atom. The summed E-state index contributed by atoms with van der Waals surface area (Å²) in [5.41, 5.74) is 1.33. The first-order valence-electron chi connectivity index (χ1n) is 8.26. The van der Waals surface area contributed by atoms with Gasteiger partial charge in [0.2, 0.25) is 0 Å². The molecule has 3 unspecified atom stereocenters. The van der Waals surface area contributed by atoms with Crippen molar-refractivity contribution in [1.29, 1.82) is 0 Å². The van der Waals surface area contributed by atoms with E-state index in [1.54, 1.807) is 6.42 Å². The van der Waals surface area contributed by atoms with Gasteiger partial charge in [0.1, 0.15) is 0 Å². The first-order chi connectivity index (χ1) is 9.88. The monoisotopic (exact) mass is 271 g/mol. The zero-order chi connectivity index (χ0) is 13.4. The van der Waals surface area contributed by atoms with Crippen LogP contribution in [0.5, 0.6) is 0 Å². The highest BCUT2D eigenvalue weighted by Gasteiger charge is 2.40. The maximum Gasteiger partial charge on any atom is 0.0397 e. The van der Waals surface area contributed by atoms with E-state index >= 15 is 0 Å². The van der Waals surface area contributed by atoms with Crippen LogP contribution in [0.2, 0.25) is 0 Å². The van der Waals surface area contributed by atoms with Crippen molar-refractivity contribution in [3.63, 3.8) is 0 Å². The van der Waals surface area contributed by atoms with E-state index in [0.717, 1.165) is 17.8 Å². The molecule has 0 amide bonds. The SMILES string of the molecule is c1cc(N2CCN(CC3CC4CCC3C4)CC2)ccn1. The summed E-state index contributed by atoms with van der Waals surface area (Å²) in [7, 11) is 0. The zero-order valence-electron chi connectivity index (χ0n) is 12.2. The van der Waals surface area contributed by atoms with Crippen LogP contribution in [0.15, 0.2) is 24.5 Å². The second-order valence-corrected chi connectivity index (χ2v) is 6.93. The molecule has 3 fully saturated rings. The van der Waals surface area contributed by atoms with Gasteiger partial charge in [0.25, 0.3) is 0 Å². The Hall–Kier alpha value is -1.09. The molecule has 1 aliphatic heterocycles. The molecule has 20 heavy (non-hydrogen) atoms. The minimum atomic E-state index is 1.02. The van der Waals surface area contributed by atoms with Gasteiger partial charge in [0.05, 0.1) is 0 Å². The molecule has 2 heterocycles. The van der Waals surface area contributed by atoms with Crippen molar-refractivity contribution in [1.82, 2.24) is 9.88 Å². The van der Waals surface area contributed by atoms with Gasteiger partial charge in [-0.05, 0) is 49.1 Å². The lowest BCUT2D eigenvalue weighted by Crippen LogP contribution is -2.48. The maximum atomic E-state index is 4.11. The van der Waals surface area contributed by atoms with E-state index in [4.69, 9.17) is 0 Å². The van der Waals surface area contributed by atoms with Gasteiger partial charge in [0.15, 0.2) is 0 Å². The fourth-order valence-electron chi connectivity index (χ4n) is 4.68. The maximum absolute atomic E-state index is 4.11. The van der Waals surface area contributed by atoms with Gasteiger partial charge in [-0.1, -0.05) is 6.42 Å². The molecular weight excluding hydrogens is 246 g/mol. The first kappa shape index (κ1) is 12.6. The number of aromatic nitrogens is 1. The van der Waals surface area contributed by atoms with Crippen molar-refractivity contribution in [3.8, 4) is 0 Å². The molecule has 4 rings (SSSR count). The van der Waals surface area contributed by atoms with Gasteiger partial charge in [-0.3, -0.25) is 9.88 Å². The molecule has 0 radical (unpaired) electrons. The van der Waals surface area contributed by atoms with Crippen LogP contribution in [-0.4, -0.2) is 42.6 Å². The molecule has 1 saturated heterocycles. The standard InChI is InChI=1S/C17H25N3/c1-2-15-11-14(1)12-16(15)13-19-7-9-20(10-8-19)17-3-5-18-6-4-17/h3-6,14-16H,1-2,7-13H2. The highest BCUT2D eigenvalue weighted by molar-refractivity contribution is 5.44. The normalized spacial score (nSPS) is 33.8. The Bertz CT molecular complexity index is 439. The third-order valence-electron chi connectivity index (χ3n) is 5.78. The van der Waals surface area contributed by atoms with Gasteiger partial charge >= 0.3 is 0 Å². The third kappa shape index (κ3) is 2.44. The quantitative estimate of drug-likeness (QED) is 0.842. The minimum absolute atomic E-state index is 1.02. The molecule has 0 spiro atoms. The molecule has 0 aromatic carbocycles. The van der Waals surface area contributed by atoms with E-state index in [2.05, 4.69) is 26.9 Å². The summed E-state index contributed by atoms with van der Waals surface area (Å²) >= 11 is 0. The van der Waals surface area contributed by atoms with Gasteiger partial charge < -0.3 is 4.90 Å². The molecule has 0 N–H and O–H groups in total. The van der Waals surface area contributed by atoms with Gasteiger partial charge in [0, 0.05) is 50.8 Å². The summed E-state index contributed by atoms with van der Waals surface area (Å²) in [6, 6.07) is 4.26. The highest BCUT2D eigenvalue weighted by Crippen LogP contribution is 2.48. The largest absolute Gasteiger partial charge is 0.369 e. The Kier molecular flexibility index (Phi) is 3.39. The average Bonchev–Trinajstić information content (AvgIpc) is 3.12. The van der Waals surface area contributed by atoms with Crippen molar-refractivity contribution < 1.29 is 0 Å². The van der Waals surface area contributed by atoms with Crippen molar-refractivity contribution >= 4 is 5.69 Å². The predicted octanol–water partition coefficient (Wildman–Crippen LogP) is 2.64. The van der Waals surface area contributed by atoms with Crippen LogP contribution in [0, 0.1) is 17.8 Å². The van der Waals surface area contributed by atoms with Crippen molar-refractivity contribution in [3.05, 3.63) is 24.5 Å². The summed E-state index contributed by atoms with van der Waals surface area (Å²) in [6.45, 7) is 6.17. The second kappa shape index (κ2) is 5.36. The van der Waals surface area contributed by atoms with Crippen LogP contribution in [0.4, 0.5) is 5.69 Å². The lowest BCUT2D eigenvalue weighted by Gasteiger charge is -2.38. The molecule has 2 saturated carbocycles. The van der Waals surface area contributed by atoms with E-state index in [1.807, 2.05) is 12.4 Å². The molecule has 1 aromatic heterocycles. The molecule has 1 aromatic rings. The molecule has 3 aliphatic rings. The number of nitrogens with zero attached hydrogens (tertiary/aromatic N) is 3. The minimum Gasteiger partial charge on any atom is -0.369 e. The lowest BCUT2D eigenvalue weighted by atomic mass is 9.88. The van der Waals surface area contributed by atoms with Gasteiger partial charge in [-0.2, -0.15) is 0 Å². The van der Waals surface area contributed by atoms with Crippen LogP contribution < -0.4 is 4.90 Å². The average molecular weight is 271 g/mol. The summed E-state index contributed by atoms with van der Waals surface area (Å²) in [6.07, 6.45) is 9.91. The fraction of sp³-hybridized carbons (Fsp3) is 0.706. The summed E-state index contributed by atoms with van der Waals surface area (Å²) < 4.78 is 0. The third-order valence-corrected chi connectivity index (χ3v) is 5.78. The van der Waals surface area contributed by atoms with Gasteiger partial charge in [-0.25, -0.2) is 0 Å². The van der Waals surface area contributed by atoms with E-state index in [-0.39, 0.29) is 0 Å². The summed E-state index contributed by atoms with van der Waals surface area (Å²) in [5.74, 6) is 3.17. The van der Waals surface area contributed by atoms with Crippen molar-refractivity contribution in [2.75, 3.05) is 37.6 Å². The summed E-state index contributed by atoms with van der Waals surface area (Å²) in [4.78, 5) is 9.32. The van der Waals surface area contributed by atoms with Crippen LogP contribution in [0.3, 0.4) is 0 Å². The lowest BCUT2D eigenvalue weighted by molar-refractivity contribution is 0.182. The van der Waals surface area contributed by atoms with E-state index in [0.29, 0.717) is 0 Å². The highest BCUT2D eigenvalue weighted by atomic mass is 15.3. The zero-order valence-corrected chi connectivity index (χ0v) is 12.2. The number of hydrogen-bond acceptors (Lipinski definition) is 3. The molecule has 2 aliphatic carbocycles. The number of fused-ring (bicyclic) bond motifs is 2. The number of rotatable bonds is 3. The Labute approximate surface area is 122 Å². The number of anilines is 1. The van der Waals surface area contributed by atoms with E-state index in [9.17, 15) is 0 Å².